The van der Waals surface area contributed by atoms with Crippen LogP contribution in [0.2, 0.25) is 5.02 Å². The maximum absolute atomic E-state index is 14.3. The summed E-state index contributed by atoms with van der Waals surface area (Å²) in [5.74, 6) is -1.99. The summed E-state index contributed by atoms with van der Waals surface area (Å²) in [4.78, 5) is 31.1. The molecular weight excluding hydrogens is 395 g/mol. The van der Waals surface area contributed by atoms with Crippen molar-refractivity contribution in [3.05, 3.63) is 58.4 Å². The van der Waals surface area contributed by atoms with Crippen LogP contribution in [0.5, 0.6) is 0 Å². The summed E-state index contributed by atoms with van der Waals surface area (Å²) in [5.41, 5.74) is 0.186. The van der Waals surface area contributed by atoms with Gasteiger partial charge in [-0.05, 0) is 36.6 Å². The number of hydrogen-bond donors (Lipinski definition) is 1. The molecule has 0 aliphatic heterocycles. The molecule has 1 amide bonds. The largest absolute Gasteiger partial charge is 0.344 e. The van der Waals surface area contributed by atoms with Crippen LogP contribution in [-0.4, -0.2) is 34.6 Å². The Morgan fingerprint density at radius 3 is 2.46 bits per heavy atom. The van der Waals surface area contributed by atoms with Crippen LogP contribution in [-0.2, 0) is 16.6 Å². The van der Waals surface area contributed by atoms with Crippen molar-refractivity contribution in [1.29, 1.82) is 0 Å². The molecule has 0 atom stereocenters. The molecule has 1 aromatic heterocycles. The smallest absolute Gasteiger partial charge is 0.315 e. The SMILES string of the molecule is O=C(CNC(=O)C(F)F)c1cnc(CC2(c3cc(Cl)ccc3F)CCC2)nc1. The van der Waals surface area contributed by atoms with Crippen LogP contribution in [0.4, 0.5) is 13.2 Å². The van der Waals surface area contributed by atoms with Gasteiger partial charge >= 0.3 is 6.43 Å². The highest BCUT2D eigenvalue weighted by molar-refractivity contribution is 6.30. The minimum absolute atomic E-state index is 0.0925. The Morgan fingerprint density at radius 1 is 1.21 bits per heavy atom. The van der Waals surface area contributed by atoms with Crippen LogP contribution in [0.15, 0.2) is 30.6 Å². The molecule has 2 aromatic rings. The van der Waals surface area contributed by atoms with Crippen molar-refractivity contribution in [3.63, 3.8) is 0 Å². The molecule has 1 aromatic carbocycles. The summed E-state index contributed by atoms with van der Waals surface area (Å²) in [7, 11) is 0. The molecule has 9 heteroatoms. The number of halogens is 4. The third-order valence-electron chi connectivity index (χ3n) is 4.96. The number of hydrogen-bond acceptors (Lipinski definition) is 4. The van der Waals surface area contributed by atoms with E-state index in [1.54, 1.807) is 6.07 Å². The average Bonchev–Trinajstić information content (AvgIpc) is 2.65. The van der Waals surface area contributed by atoms with Crippen molar-refractivity contribution in [3.8, 4) is 0 Å². The number of carbonyl (C=O) groups is 2. The van der Waals surface area contributed by atoms with Crippen molar-refractivity contribution >= 4 is 23.3 Å². The Balaban J connectivity index is 1.70. The lowest BCUT2D eigenvalue weighted by Gasteiger charge is -2.42. The minimum Gasteiger partial charge on any atom is -0.344 e. The second kappa shape index (κ2) is 8.26. The molecule has 0 radical (unpaired) electrons. The second-order valence-electron chi connectivity index (χ2n) is 6.76. The number of aromatic nitrogens is 2. The number of ketones is 1. The predicted molar refractivity (Wildman–Crippen MR) is 96.0 cm³/mol. The van der Waals surface area contributed by atoms with E-state index in [-0.39, 0.29) is 11.4 Å². The molecule has 1 aliphatic carbocycles. The van der Waals surface area contributed by atoms with E-state index in [0.29, 0.717) is 22.8 Å². The van der Waals surface area contributed by atoms with Gasteiger partial charge in [-0.25, -0.2) is 14.4 Å². The van der Waals surface area contributed by atoms with Crippen LogP contribution in [0.3, 0.4) is 0 Å². The van der Waals surface area contributed by atoms with E-state index in [1.165, 1.54) is 24.5 Å². The zero-order chi connectivity index (χ0) is 20.3. The summed E-state index contributed by atoms with van der Waals surface area (Å²) in [6.07, 6.45) is 2.26. The first-order valence-corrected chi connectivity index (χ1v) is 9.04. The van der Waals surface area contributed by atoms with Gasteiger partial charge in [-0.2, -0.15) is 8.78 Å². The Hall–Kier alpha value is -2.48. The fourth-order valence-corrected chi connectivity index (χ4v) is 3.46. The third-order valence-corrected chi connectivity index (χ3v) is 5.19. The van der Waals surface area contributed by atoms with E-state index >= 15 is 0 Å². The standard InChI is InChI=1S/C19H17ClF3N3O2/c20-12-2-3-14(21)13(6-12)19(4-1-5-19)7-16-24-8-11(9-25-16)15(27)10-26-18(28)17(22)23/h2-3,6,8-9,17H,1,4-5,7,10H2,(H,26,28). The molecule has 0 bridgehead atoms. The Kier molecular flexibility index (Phi) is 5.98. The van der Waals surface area contributed by atoms with Gasteiger partial charge in [-0.15, -0.1) is 0 Å². The van der Waals surface area contributed by atoms with E-state index in [9.17, 15) is 22.8 Å². The molecule has 1 heterocycles. The number of amides is 1. The van der Waals surface area contributed by atoms with Gasteiger partial charge in [0.05, 0.1) is 12.1 Å². The summed E-state index contributed by atoms with van der Waals surface area (Å²) in [5, 5.41) is 2.29. The molecule has 1 N–H and O–H groups in total. The van der Waals surface area contributed by atoms with Gasteiger partial charge in [-0.3, -0.25) is 9.59 Å². The molecule has 28 heavy (non-hydrogen) atoms. The Labute approximate surface area is 164 Å². The van der Waals surface area contributed by atoms with Crippen molar-refractivity contribution in [1.82, 2.24) is 15.3 Å². The highest BCUT2D eigenvalue weighted by Crippen LogP contribution is 2.47. The molecule has 1 aliphatic rings. The van der Waals surface area contributed by atoms with Gasteiger partial charge in [0, 0.05) is 29.3 Å². The first-order chi connectivity index (χ1) is 13.3. The van der Waals surface area contributed by atoms with E-state index < -0.39 is 30.1 Å². The van der Waals surface area contributed by atoms with E-state index in [4.69, 9.17) is 11.6 Å². The maximum Gasteiger partial charge on any atom is 0.315 e. The van der Waals surface area contributed by atoms with Gasteiger partial charge in [0.2, 0.25) is 0 Å². The summed E-state index contributed by atoms with van der Waals surface area (Å²) in [6.45, 7) is -0.566. The molecule has 0 spiro atoms. The Morgan fingerprint density at radius 2 is 1.89 bits per heavy atom. The third kappa shape index (κ3) is 4.32. The topological polar surface area (TPSA) is 72.0 Å². The normalized spacial score (nSPS) is 15.2. The average molecular weight is 412 g/mol. The van der Waals surface area contributed by atoms with Gasteiger partial charge in [-0.1, -0.05) is 18.0 Å². The Bertz CT molecular complexity index is 886. The number of nitrogens with one attached hydrogen (secondary N) is 1. The van der Waals surface area contributed by atoms with Crippen LogP contribution < -0.4 is 5.32 Å². The highest BCUT2D eigenvalue weighted by Gasteiger charge is 2.41. The van der Waals surface area contributed by atoms with Crippen LogP contribution in [0, 0.1) is 5.82 Å². The highest BCUT2D eigenvalue weighted by atomic mass is 35.5. The molecule has 148 valence electrons. The first-order valence-electron chi connectivity index (χ1n) is 8.66. The second-order valence-corrected chi connectivity index (χ2v) is 7.20. The maximum atomic E-state index is 14.3. The summed E-state index contributed by atoms with van der Waals surface area (Å²) < 4.78 is 38.6. The summed E-state index contributed by atoms with van der Waals surface area (Å²) >= 11 is 6.02. The van der Waals surface area contributed by atoms with Gasteiger partial charge < -0.3 is 5.32 Å². The summed E-state index contributed by atoms with van der Waals surface area (Å²) in [6, 6.07) is 4.46. The number of rotatable bonds is 7. The molecule has 1 saturated carbocycles. The number of Topliss-reactive ketones (excluding diaryl/α,β-unsaturated/α-hetero) is 1. The van der Waals surface area contributed by atoms with Crippen LogP contribution in [0.25, 0.3) is 0 Å². The number of nitrogens with zero attached hydrogens (tertiary/aromatic N) is 2. The van der Waals surface area contributed by atoms with Gasteiger partial charge in [0.25, 0.3) is 5.91 Å². The monoisotopic (exact) mass is 411 g/mol. The van der Waals surface area contributed by atoms with Gasteiger partial charge in [0.1, 0.15) is 11.6 Å². The quantitative estimate of drug-likeness (QED) is 0.708. The molecule has 3 rings (SSSR count). The number of carbonyl (C=O) groups excluding carboxylic acids is 2. The fourth-order valence-electron chi connectivity index (χ4n) is 3.29. The lowest BCUT2D eigenvalue weighted by molar-refractivity contribution is -0.131. The zero-order valence-electron chi connectivity index (χ0n) is 14.7. The van der Waals surface area contributed by atoms with Crippen LogP contribution in [0.1, 0.15) is 41.0 Å². The predicted octanol–water partition coefficient (Wildman–Crippen LogP) is 3.50. The minimum atomic E-state index is -3.18. The first kappa shape index (κ1) is 20.3. The molecule has 0 saturated heterocycles. The van der Waals surface area contributed by atoms with Crippen molar-refractivity contribution in [2.24, 2.45) is 0 Å². The van der Waals surface area contributed by atoms with E-state index in [1.807, 2.05) is 5.32 Å². The molecule has 0 unspecified atom stereocenters. The van der Waals surface area contributed by atoms with E-state index in [2.05, 4.69) is 9.97 Å². The van der Waals surface area contributed by atoms with Crippen molar-refractivity contribution in [2.45, 2.75) is 37.5 Å². The lowest BCUT2D eigenvalue weighted by Crippen LogP contribution is -2.38. The van der Waals surface area contributed by atoms with E-state index in [0.717, 1.165) is 19.3 Å². The van der Waals surface area contributed by atoms with Crippen molar-refractivity contribution in [2.75, 3.05) is 6.54 Å². The van der Waals surface area contributed by atoms with Gasteiger partial charge in [0.15, 0.2) is 5.78 Å². The number of alkyl halides is 2. The molecular formula is C19H17ClF3N3O2. The van der Waals surface area contributed by atoms with Crippen molar-refractivity contribution < 1.29 is 22.8 Å². The van der Waals surface area contributed by atoms with Crippen LogP contribution >= 0.6 is 11.6 Å². The zero-order valence-corrected chi connectivity index (χ0v) is 15.5. The molecule has 5 nitrogen and oxygen atoms in total. The lowest BCUT2D eigenvalue weighted by atomic mass is 9.62. The molecule has 1 fully saturated rings. The number of benzene rings is 1. The fraction of sp³-hybridized carbons (Fsp3) is 0.368.